The third-order valence-electron chi connectivity index (χ3n) is 2.56. The van der Waals surface area contributed by atoms with Crippen LogP contribution in [0, 0.1) is 0 Å². The molecule has 1 aromatic carbocycles. The van der Waals surface area contributed by atoms with Crippen LogP contribution in [0.1, 0.15) is 23.7 Å². The van der Waals surface area contributed by atoms with Gasteiger partial charge in [-0.25, -0.2) is 0 Å². The van der Waals surface area contributed by atoms with Crippen molar-refractivity contribution in [2.75, 3.05) is 13.1 Å². The van der Waals surface area contributed by atoms with Crippen molar-refractivity contribution in [3.63, 3.8) is 0 Å². The summed E-state index contributed by atoms with van der Waals surface area (Å²) in [5, 5.41) is 6.37. The zero-order chi connectivity index (χ0) is 11.4. The highest BCUT2D eigenvalue weighted by atomic mass is 32.1. The fourth-order valence-corrected chi connectivity index (χ4v) is 2.66. The van der Waals surface area contributed by atoms with Crippen LogP contribution < -0.4 is 5.32 Å². The first-order chi connectivity index (χ1) is 7.83. The molecule has 1 heterocycles. The number of hydrogen-bond donors (Lipinski definition) is 1. The monoisotopic (exact) mass is 233 g/mol. The Labute approximate surface area is 99.3 Å². The average molecular weight is 233 g/mol. The van der Waals surface area contributed by atoms with Gasteiger partial charge in [0.15, 0.2) is 5.78 Å². The molecule has 0 saturated heterocycles. The first-order valence-electron chi connectivity index (χ1n) is 5.53. The Hall–Kier alpha value is -1.19. The number of Topliss-reactive ketones (excluding diaryl/α,β-unsaturated/α-hetero) is 1. The van der Waals surface area contributed by atoms with Gasteiger partial charge in [-0.15, -0.1) is 11.3 Å². The second-order valence-corrected chi connectivity index (χ2v) is 4.59. The van der Waals surface area contributed by atoms with Crippen LogP contribution in [-0.4, -0.2) is 18.9 Å². The van der Waals surface area contributed by atoms with Gasteiger partial charge in [0.25, 0.3) is 0 Å². The maximum Gasteiger partial charge on any atom is 0.165 e. The van der Waals surface area contributed by atoms with Crippen molar-refractivity contribution in [2.24, 2.45) is 0 Å². The number of rotatable bonds is 5. The zero-order valence-electron chi connectivity index (χ0n) is 9.32. The van der Waals surface area contributed by atoms with E-state index < -0.39 is 0 Å². The maximum atomic E-state index is 12.0. The summed E-state index contributed by atoms with van der Waals surface area (Å²) < 4.78 is 1.11. The van der Waals surface area contributed by atoms with Crippen LogP contribution in [-0.2, 0) is 0 Å². The lowest BCUT2D eigenvalue weighted by molar-refractivity contribution is 0.0984. The topological polar surface area (TPSA) is 29.1 Å². The molecule has 0 radical (unpaired) electrons. The van der Waals surface area contributed by atoms with Crippen molar-refractivity contribution < 1.29 is 4.79 Å². The van der Waals surface area contributed by atoms with Gasteiger partial charge in [0.1, 0.15) is 0 Å². The van der Waals surface area contributed by atoms with E-state index in [9.17, 15) is 4.79 Å². The molecule has 0 atom stereocenters. The number of carbonyl (C=O) groups excluding carboxylic acids is 1. The largest absolute Gasteiger partial charge is 0.317 e. The van der Waals surface area contributed by atoms with E-state index in [1.54, 1.807) is 11.3 Å². The number of ketones is 1. The molecule has 84 valence electrons. The molecule has 0 amide bonds. The van der Waals surface area contributed by atoms with Crippen LogP contribution in [0.2, 0.25) is 0 Å². The van der Waals surface area contributed by atoms with Crippen molar-refractivity contribution in [3.05, 3.63) is 35.2 Å². The van der Waals surface area contributed by atoms with Crippen LogP contribution in [0.25, 0.3) is 10.1 Å². The predicted octanol–water partition coefficient (Wildman–Crippen LogP) is 3.08. The van der Waals surface area contributed by atoms with E-state index in [1.807, 2.05) is 30.5 Å². The predicted molar refractivity (Wildman–Crippen MR) is 69.3 cm³/mol. The van der Waals surface area contributed by atoms with Gasteiger partial charge in [-0.1, -0.05) is 19.1 Å². The first-order valence-corrected chi connectivity index (χ1v) is 6.41. The summed E-state index contributed by atoms with van der Waals surface area (Å²) in [4.78, 5) is 12.0. The fraction of sp³-hybridized carbons (Fsp3) is 0.308. The smallest absolute Gasteiger partial charge is 0.165 e. The van der Waals surface area contributed by atoms with Gasteiger partial charge in [-0.2, -0.15) is 0 Å². The molecule has 1 N–H and O–H groups in total. The molecule has 0 aliphatic rings. The summed E-state index contributed by atoms with van der Waals surface area (Å²) in [6.45, 7) is 3.72. The molecule has 0 aliphatic heterocycles. The Kier molecular flexibility index (Phi) is 3.70. The summed E-state index contributed by atoms with van der Waals surface area (Å²) in [6.07, 6.45) is 0.574. The molecule has 0 unspecified atom stereocenters. The average Bonchev–Trinajstić information content (AvgIpc) is 2.76. The van der Waals surface area contributed by atoms with E-state index in [4.69, 9.17) is 0 Å². The van der Waals surface area contributed by atoms with E-state index >= 15 is 0 Å². The lowest BCUT2D eigenvalue weighted by Crippen LogP contribution is -2.17. The number of nitrogens with one attached hydrogen (secondary N) is 1. The molecule has 2 rings (SSSR count). The number of carbonyl (C=O) groups is 1. The SMILES string of the molecule is CCNCCC(=O)c1cccc2ccsc12. The Morgan fingerprint density at radius 2 is 2.25 bits per heavy atom. The third-order valence-corrected chi connectivity index (χ3v) is 3.52. The summed E-state index contributed by atoms with van der Waals surface area (Å²) in [7, 11) is 0. The minimum atomic E-state index is 0.231. The number of thiophene rings is 1. The van der Waals surface area contributed by atoms with Crippen molar-refractivity contribution in [3.8, 4) is 0 Å². The van der Waals surface area contributed by atoms with Gasteiger partial charge >= 0.3 is 0 Å². The van der Waals surface area contributed by atoms with Crippen LogP contribution in [0.5, 0.6) is 0 Å². The molecule has 16 heavy (non-hydrogen) atoms. The summed E-state index contributed by atoms with van der Waals surface area (Å²) in [5.74, 6) is 0.231. The highest BCUT2D eigenvalue weighted by Gasteiger charge is 2.09. The molecular weight excluding hydrogens is 218 g/mol. The Balaban J connectivity index is 2.19. The zero-order valence-corrected chi connectivity index (χ0v) is 10.1. The van der Waals surface area contributed by atoms with Crippen LogP contribution in [0.3, 0.4) is 0 Å². The second-order valence-electron chi connectivity index (χ2n) is 3.67. The van der Waals surface area contributed by atoms with Crippen molar-refractivity contribution in [1.29, 1.82) is 0 Å². The first kappa shape index (κ1) is 11.3. The molecule has 2 aromatic rings. The van der Waals surface area contributed by atoms with Gasteiger partial charge in [-0.05, 0) is 29.4 Å². The lowest BCUT2D eigenvalue weighted by atomic mass is 10.1. The number of fused-ring (bicyclic) bond motifs is 1. The highest BCUT2D eigenvalue weighted by Crippen LogP contribution is 2.25. The molecule has 2 nitrogen and oxygen atoms in total. The van der Waals surface area contributed by atoms with Crippen molar-refractivity contribution in [2.45, 2.75) is 13.3 Å². The maximum absolute atomic E-state index is 12.0. The van der Waals surface area contributed by atoms with E-state index in [-0.39, 0.29) is 5.78 Å². The van der Waals surface area contributed by atoms with Crippen LogP contribution in [0.15, 0.2) is 29.6 Å². The molecule has 3 heteroatoms. The number of benzene rings is 1. The number of hydrogen-bond acceptors (Lipinski definition) is 3. The normalized spacial score (nSPS) is 10.8. The minimum absolute atomic E-state index is 0.231. The van der Waals surface area contributed by atoms with E-state index in [1.165, 1.54) is 5.39 Å². The molecule has 0 bridgehead atoms. The van der Waals surface area contributed by atoms with Gasteiger partial charge in [0.2, 0.25) is 0 Å². The quantitative estimate of drug-likeness (QED) is 0.635. The molecule has 0 aliphatic carbocycles. The van der Waals surface area contributed by atoms with Gasteiger partial charge in [-0.3, -0.25) is 4.79 Å². The van der Waals surface area contributed by atoms with Crippen molar-refractivity contribution >= 4 is 27.2 Å². The van der Waals surface area contributed by atoms with E-state index in [2.05, 4.69) is 11.4 Å². The Bertz CT molecular complexity index is 489. The van der Waals surface area contributed by atoms with Crippen LogP contribution >= 0.6 is 11.3 Å². The van der Waals surface area contributed by atoms with Gasteiger partial charge < -0.3 is 5.32 Å². The standard InChI is InChI=1S/C13H15NOS/c1-2-14-8-6-12(15)11-5-3-4-10-7-9-16-13(10)11/h3-5,7,9,14H,2,6,8H2,1H3. The third kappa shape index (κ3) is 2.31. The Morgan fingerprint density at radius 1 is 1.38 bits per heavy atom. The molecule has 1 aromatic heterocycles. The van der Waals surface area contributed by atoms with Gasteiger partial charge in [0, 0.05) is 23.2 Å². The minimum Gasteiger partial charge on any atom is -0.317 e. The summed E-state index contributed by atoms with van der Waals surface area (Å²) in [6, 6.07) is 7.98. The summed E-state index contributed by atoms with van der Waals surface area (Å²) >= 11 is 1.64. The molecule has 0 spiro atoms. The lowest BCUT2D eigenvalue weighted by Gasteiger charge is -2.03. The van der Waals surface area contributed by atoms with Crippen LogP contribution in [0.4, 0.5) is 0 Å². The fourth-order valence-electron chi connectivity index (χ4n) is 1.73. The molecule has 0 saturated carbocycles. The molecular formula is C13H15NOS. The highest BCUT2D eigenvalue weighted by molar-refractivity contribution is 7.17. The Morgan fingerprint density at radius 3 is 3.06 bits per heavy atom. The van der Waals surface area contributed by atoms with E-state index in [0.29, 0.717) is 6.42 Å². The second kappa shape index (κ2) is 5.23. The summed E-state index contributed by atoms with van der Waals surface area (Å²) in [5.41, 5.74) is 0.866. The van der Waals surface area contributed by atoms with Crippen molar-refractivity contribution in [1.82, 2.24) is 5.32 Å². The van der Waals surface area contributed by atoms with Gasteiger partial charge in [0.05, 0.1) is 0 Å². The van der Waals surface area contributed by atoms with E-state index in [0.717, 1.165) is 23.4 Å². The molecule has 0 fully saturated rings.